The lowest BCUT2D eigenvalue weighted by molar-refractivity contribution is 0.171. The first-order valence-electron chi connectivity index (χ1n) is 4.06. The minimum atomic E-state index is 0.426. The highest BCUT2D eigenvalue weighted by atomic mass is 32.1. The fourth-order valence-corrected chi connectivity index (χ4v) is 1.66. The van der Waals surface area contributed by atoms with Crippen molar-refractivity contribution in [1.82, 2.24) is 5.32 Å². The first-order chi connectivity index (χ1) is 5.83. The van der Waals surface area contributed by atoms with Crippen LogP contribution in [0.2, 0.25) is 0 Å². The van der Waals surface area contributed by atoms with Crippen molar-refractivity contribution in [3.63, 3.8) is 0 Å². The molecule has 0 aliphatic heterocycles. The fraction of sp³-hybridized carbons (Fsp3) is 0.556. The number of methoxy groups -OCH3 is 1. The molecule has 0 amide bonds. The van der Waals surface area contributed by atoms with Gasteiger partial charge in [0.05, 0.1) is 6.61 Å². The van der Waals surface area contributed by atoms with Crippen LogP contribution in [0.1, 0.15) is 12.5 Å². The molecule has 1 atom stereocenters. The number of ether oxygens (including phenoxy) is 1. The van der Waals surface area contributed by atoms with Crippen LogP contribution in [0.25, 0.3) is 0 Å². The molecule has 1 rings (SSSR count). The lowest BCUT2D eigenvalue weighted by Crippen LogP contribution is -2.29. The van der Waals surface area contributed by atoms with Crippen LogP contribution < -0.4 is 5.32 Å². The third-order valence-corrected chi connectivity index (χ3v) is 2.38. The molecule has 1 N–H and O–H groups in total. The molecule has 0 aromatic carbocycles. The van der Waals surface area contributed by atoms with Gasteiger partial charge in [-0.1, -0.05) is 0 Å². The molecule has 0 spiro atoms. The number of hydrogen-bond acceptors (Lipinski definition) is 3. The van der Waals surface area contributed by atoms with Crippen molar-refractivity contribution < 1.29 is 4.74 Å². The van der Waals surface area contributed by atoms with Crippen molar-refractivity contribution in [1.29, 1.82) is 0 Å². The van der Waals surface area contributed by atoms with Crippen LogP contribution in [0.5, 0.6) is 0 Å². The molecule has 68 valence electrons. The Morgan fingerprint density at radius 2 is 2.50 bits per heavy atom. The van der Waals surface area contributed by atoms with Gasteiger partial charge in [0.25, 0.3) is 0 Å². The van der Waals surface area contributed by atoms with Crippen molar-refractivity contribution in [2.75, 3.05) is 13.7 Å². The number of nitrogens with one attached hydrogen (secondary N) is 1. The van der Waals surface area contributed by atoms with E-state index >= 15 is 0 Å². The molecule has 0 bridgehead atoms. The van der Waals surface area contributed by atoms with E-state index in [9.17, 15) is 0 Å². The van der Waals surface area contributed by atoms with E-state index in [1.165, 1.54) is 5.56 Å². The summed E-state index contributed by atoms with van der Waals surface area (Å²) in [7, 11) is 1.72. The van der Waals surface area contributed by atoms with Gasteiger partial charge < -0.3 is 10.1 Å². The van der Waals surface area contributed by atoms with E-state index in [1.54, 1.807) is 18.4 Å². The van der Waals surface area contributed by atoms with Gasteiger partial charge in [-0.3, -0.25) is 0 Å². The summed E-state index contributed by atoms with van der Waals surface area (Å²) in [4.78, 5) is 0. The smallest absolute Gasteiger partial charge is 0.0613 e. The Kier molecular flexibility index (Phi) is 4.29. The number of rotatable bonds is 5. The summed E-state index contributed by atoms with van der Waals surface area (Å²) >= 11 is 1.73. The van der Waals surface area contributed by atoms with Crippen molar-refractivity contribution in [3.05, 3.63) is 22.4 Å². The Morgan fingerprint density at radius 3 is 3.08 bits per heavy atom. The minimum absolute atomic E-state index is 0.426. The van der Waals surface area contributed by atoms with Crippen LogP contribution >= 0.6 is 11.3 Å². The lowest BCUT2D eigenvalue weighted by Gasteiger charge is -2.11. The van der Waals surface area contributed by atoms with Crippen molar-refractivity contribution in [2.24, 2.45) is 0 Å². The summed E-state index contributed by atoms with van der Waals surface area (Å²) in [6.45, 7) is 3.83. The normalized spacial score (nSPS) is 13.2. The van der Waals surface area contributed by atoms with E-state index in [1.807, 2.05) is 0 Å². The van der Waals surface area contributed by atoms with Crippen LogP contribution in [-0.2, 0) is 11.3 Å². The zero-order valence-electron chi connectivity index (χ0n) is 7.54. The average molecular weight is 185 g/mol. The standard InChI is InChI=1S/C9H15NOS/c1-8(6-11-2)10-5-9-3-4-12-7-9/h3-4,7-8,10H,5-6H2,1-2H3/t8-/m1/s1. The third-order valence-electron chi connectivity index (χ3n) is 1.65. The van der Waals surface area contributed by atoms with Gasteiger partial charge in [0.2, 0.25) is 0 Å². The van der Waals surface area contributed by atoms with Gasteiger partial charge in [0.1, 0.15) is 0 Å². The molecule has 0 aliphatic rings. The molecule has 0 aliphatic carbocycles. The van der Waals surface area contributed by atoms with Crippen molar-refractivity contribution >= 4 is 11.3 Å². The lowest BCUT2D eigenvalue weighted by atomic mass is 10.3. The Hall–Kier alpha value is -0.380. The summed E-state index contributed by atoms with van der Waals surface area (Å²) < 4.78 is 5.01. The Balaban J connectivity index is 2.17. The summed E-state index contributed by atoms with van der Waals surface area (Å²) in [5, 5.41) is 7.62. The largest absolute Gasteiger partial charge is 0.383 e. The zero-order valence-corrected chi connectivity index (χ0v) is 8.36. The Bertz CT molecular complexity index is 198. The third kappa shape index (κ3) is 3.34. The topological polar surface area (TPSA) is 21.3 Å². The summed E-state index contributed by atoms with van der Waals surface area (Å²) in [6.07, 6.45) is 0. The van der Waals surface area contributed by atoms with Crippen molar-refractivity contribution in [2.45, 2.75) is 19.5 Å². The SMILES string of the molecule is COC[C@@H](C)NCc1ccsc1. The zero-order chi connectivity index (χ0) is 8.81. The first-order valence-corrected chi connectivity index (χ1v) is 5.00. The van der Waals surface area contributed by atoms with Crippen LogP contribution in [0.3, 0.4) is 0 Å². The van der Waals surface area contributed by atoms with Crippen LogP contribution in [0.15, 0.2) is 16.8 Å². The molecule has 0 unspecified atom stereocenters. The maximum atomic E-state index is 5.01. The fourth-order valence-electron chi connectivity index (χ4n) is 0.994. The molecular formula is C9H15NOS. The van der Waals surface area contributed by atoms with Gasteiger partial charge in [-0.15, -0.1) is 0 Å². The molecule has 1 aromatic rings. The monoisotopic (exact) mass is 185 g/mol. The van der Waals surface area contributed by atoms with E-state index in [-0.39, 0.29) is 0 Å². The molecule has 3 heteroatoms. The highest BCUT2D eigenvalue weighted by molar-refractivity contribution is 7.07. The minimum Gasteiger partial charge on any atom is -0.383 e. The molecular weight excluding hydrogens is 170 g/mol. The predicted octanol–water partition coefficient (Wildman–Crippen LogP) is 1.87. The second kappa shape index (κ2) is 5.30. The molecule has 1 heterocycles. The van der Waals surface area contributed by atoms with Gasteiger partial charge >= 0.3 is 0 Å². The van der Waals surface area contributed by atoms with Crippen molar-refractivity contribution in [3.8, 4) is 0 Å². The highest BCUT2D eigenvalue weighted by Crippen LogP contribution is 2.05. The van der Waals surface area contributed by atoms with Gasteiger partial charge in [0.15, 0.2) is 0 Å². The van der Waals surface area contributed by atoms with Gasteiger partial charge in [-0.2, -0.15) is 11.3 Å². The molecule has 12 heavy (non-hydrogen) atoms. The van der Waals surface area contributed by atoms with E-state index < -0.39 is 0 Å². The molecule has 2 nitrogen and oxygen atoms in total. The predicted molar refractivity (Wildman–Crippen MR) is 52.5 cm³/mol. The molecule has 0 fully saturated rings. The molecule has 0 radical (unpaired) electrons. The second-order valence-corrected chi connectivity index (χ2v) is 3.65. The number of hydrogen-bond donors (Lipinski definition) is 1. The highest BCUT2D eigenvalue weighted by Gasteiger charge is 1.99. The van der Waals surface area contributed by atoms with E-state index in [0.717, 1.165) is 13.2 Å². The number of thiophene rings is 1. The quantitative estimate of drug-likeness (QED) is 0.756. The first kappa shape index (κ1) is 9.71. The van der Waals surface area contributed by atoms with E-state index in [2.05, 4.69) is 29.1 Å². The summed E-state index contributed by atoms with van der Waals surface area (Å²) in [6, 6.07) is 2.56. The van der Waals surface area contributed by atoms with E-state index in [0.29, 0.717) is 6.04 Å². The second-order valence-electron chi connectivity index (χ2n) is 2.87. The summed E-state index contributed by atoms with van der Waals surface area (Å²) in [5.41, 5.74) is 1.35. The summed E-state index contributed by atoms with van der Waals surface area (Å²) in [5.74, 6) is 0. The van der Waals surface area contributed by atoms with Gasteiger partial charge in [0, 0.05) is 19.7 Å². The van der Waals surface area contributed by atoms with Gasteiger partial charge in [-0.05, 0) is 29.3 Å². The van der Waals surface area contributed by atoms with Crippen LogP contribution in [0.4, 0.5) is 0 Å². The van der Waals surface area contributed by atoms with Gasteiger partial charge in [-0.25, -0.2) is 0 Å². The average Bonchev–Trinajstić information content (AvgIpc) is 2.53. The van der Waals surface area contributed by atoms with E-state index in [4.69, 9.17) is 4.74 Å². The van der Waals surface area contributed by atoms with Crippen LogP contribution in [0, 0.1) is 0 Å². The maximum absolute atomic E-state index is 5.01. The molecule has 1 aromatic heterocycles. The Morgan fingerprint density at radius 1 is 1.67 bits per heavy atom. The molecule has 0 saturated heterocycles. The maximum Gasteiger partial charge on any atom is 0.0613 e. The molecule has 0 saturated carbocycles. The van der Waals surface area contributed by atoms with Crippen LogP contribution in [-0.4, -0.2) is 19.8 Å². The Labute approximate surface area is 77.6 Å².